The molecular formula is C23H25F3N2O4. The van der Waals surface area contributed by atoms with Gasteiger partial charge in [0.25, 0.3) is 5.91 Å². The number of hydrogen-bond acceptors (Lipinski definition) is 4. The second-order valence-corrected chi connectivity index (χ2v) is 7.60. The van der Waals surface area contributed by atoms with E-state index in [4.69, 9.17) is 4.74 Å². The summed E-state index contributed by atoms with van der Waals surface area (Å²) in [7, 11) is 0. The molecule has 0 radical (unpaired) electrons. The van der Waals surface area contributed by atoms with Crippen molar-refractivity contribution in [2.45, 2.75) is 32.2 Å². The highest BCUT2D eigenvalue weighted by molar-refractivity contribution is 5.81. The number of carbonyl (C=O) groups excluding carboxylic acids is 2. The number of para-hydroxylation sites is 1. The molecule has 0 bridgehead atoms. The summed E-state index contributed by atoms with van der Waals surface area (Å²) in [6.45, 7) is 2.64. The minimum absolute atomic E-state index is 0.0496. The van der Waals surface area contributed by atoms with Crippen LogP contribution in [-0.2, 0) is 9.59 Å². The molecule has 1 atom stereocenters. The van der Waals surface area contributed by atoms with Gasteiger partial charge < -0.3 is 19.7 Å². The molecule has 1 saturated heterocycles. The number of carbonyl (C=O) groups is 2. The summed E-state index contributed by atoms with van der Waals surface area (Å²) in [6, 6.07) is 14.1. The van der Waals surface area contributed by atoms with E-state index in [1.807, 2.05) is 18.2 Å². The molecule has 2 aromatic rings. The van der Waals surface area contributed by atoms with E-state index < -0.39 is 6.36 Å². The molecule has 1 aliphatic rings. The number of benzene rings is 2. The summed E-state index contributed by atoms with van der Waals surface area (Å²) < 4.78 is 46.1. The number of piperidine rings is 1. The van der Waals surface area contributed by atoms with E-state index in [1.165, 1.54) is 24.3 Å². The maximum Gasteiger partial charge on any atom is 0.573 e. The minimum atomic E-state index is -4.74. The molecule has 1 N–H and O–H groups in total. The second kappa shape index (κ2) is 10.4. The van der Waals surface area contributed by atoms with Gasteiger partial charge in [-0.25, -0.2) is 0 Å². The van der Waals surface area contributed by atoms with Crippen LogP contribution in [-0.4, -0.2) is 42.8 Å². The van der Waals surface area contributed by atoms with Crippen LogP contribution in [0.2, 0.25) is 0 Å². The van der Waals surface area contributed by atoms with E-state index in [2.05, 4.69) is 10.1 Å². The zero-order valence-corrected chi connectivity index (χ0v) is 17.6. The van der Waals surface area contributed by atoms with Crippen LogP contribution in [0.4, 0.5) is 13.2 Å². The maximum atomic E-state index is 12.6. The summed E-state index contributed by atoms with van der Waals surface area (Å²) >= 11 is 0. The van der Waals surface area contributed by atoms with E-state index in [1.54, 1.807) is 24.0 Å². The van der Waals surface area contributed by atoms with Gasteiger partial charge in [-0.05, 0) is 49.6 Å². The molecule has 0 saturated carbocycles. The third-order valence-corrected chi connectivity index (χ3v) is 5.30. The van der Waals surface area contributed by atoms with Gasteiger partial charge in [0.05, 0.1) is 6.04 Å². The molecule has 3 rings (SSSR count). The molecule has 1 aliphatic heterocycles. The summed E-state index contributed by atoms with van der Waals surface area (Å²) in [5.74, 6) is -0.178. The van der Waals surface area contributed by atoms with Crippen LogP contribution < -0.4 is 14.8 Å². The highest BCUT2D eigenvalue weighted by Gasteiger charge is 2.31. The number of nitrogens with one attached hydrogen (secondary N) is 1. The van der Waals surface area contributed by atoms with Crippen LogP contribution in [0.25, 0.3) is 0 Å². The predicted molar refractivity (Wildman–Crippen MR) is 111 cm³/mol. The van der Waals surface area contributed by atoms with Crippen LogP contribution in [0.5, 0.6) is 11.5 Å². The average Bonchev–Trinajstić information content (AvgIpc) is 2.77. The van der Waals surface area contributed by atoms with Gasteiger partial charge >= 0.3 is 6.36 Å². The van der Waals surface area contributed by atoms with Gasteiger partial charge in [0, 0.05) is 19.0 Å². The number of rotatable bonds is 7. The predicted octanol–water partition coefficient (Wildman–Crippen LogP) is 4.08. The lowest BCUT2D eigenvalue weighted by molar-refractivity contribution is -0.274. The Hall–Kier alpha value is -3.23. The van der Waals surface area contributed by atoms with Crippen molar-refractivity contribution in [3.05, 3.63) is 60.2 Å². The van der Waals surface area contributed by atoms with E-state index in [0.29, 0.717) is 37.2 Å². The molecule has 2 aromatic carbocycles. The monoisotopic (exact) mass is 450 g/mol. The number of nitrogens with zero attached hydrogens (tertiary/aromatic N) is 1. The van der Waals surface area contributed by atoms with E-state index in [9.17, 15) is 22.8 Å². The van der Waals surface area contributed by atoms with Crippen LogP contribution >= 0.6 is 0 Å². The Morgan fingerprint density at radius 2 is 1.66 bits per heavy atom. The van der Waals surface area contributed by atoms with Crippen molar-refractivity contribution in [3.63, 3.8) is 0 Å². The molecule has 172 valence electrons. The van der Waals surface area contributed by atoms with Gasteiger partial charge in [0.15, 0.2) is 6.61 Å². The van der Waals surface area contributed by atoms with Gasteiger partial charge in [-0.3, -0.25) is 9.59 Å². The van der Waals surface area contributed by atoms with Crippen molar-refractivity contribution in [2.24, 2.45) is 5.92 Å². The maximum absolute atomic E-state index is 12.6. The Bertz CT molecular complexity index is 896. The second-order valence-electron chi connectivity index (χ2n) is 7.60. The number of halogens is 3. The van der Waals surface area contributed by atoms with Gasteiger partial charge in [-0.15, -0.1) is 13.2 Å². The van der Waals surface area contributed by atoms with Crippen LogP contribution in [0.1, 0.15) is 31.4 Å². The fraction of sp³-hybridized carbons (Fsp3) is 0.391. The molecule has 32 heavy (non-hydrogen) atoms. The lowest BCUT2D eigenvalue weighted by Gasteiger charge is -2.32. The standard InChI is InChI=1S/C23H25F3N2O4/c1-16(17-7-9-20(10-8-17)32-23(24,25)26)27-22(30)18-11-13-28(14-12-18)21(29)15-31-19-5-3-2-4-6-19/h2-10,16,18H,11-15H2,1H3,(H,27,30). The number of alkyl halides is 3. The Balaban J connectivity index is 1.43. The first-order chi connectivity index (χ1) is 15.2. The molecule has 9 heteroatoms. The van der Waals surface area contributed by atoms with Crippen LogP contribution in [0, 0.1) is 5.92 Å². The van der Waals surface area contributed by atoms with E-state index >= 15 is 0 Å². The van der Waals surface area contributed by atoms with Crippen molar-refractivity contribution >= 4 is 11.8 Å². The van der Waals surface area contributed by atoms with Gasteiger partial charge in [0.1, 0.15) is 11.5 Å². The summed E-state index contributed by atoms with van der Waals surface area (Å²) in [5, 5.41) is 2.89. The van der Waals surface area contributed by atoms with Crippen LogP contribution in [0.15, 0.2) is 54.6 Å². The van der Waals surface area contributed by atoms with E-state index in [0.717, 1.165) is 0 Å². The normalized spacial score (nSPS) is 15.7. The van der Waals surface area contributed by atoms with Crippen LogP contribution in [0.3, 0.4) is 0 Å². The lowest BCUT2D eigenvalue weighted by Crippen LogP contribution is -2.44. The van der Waals surface area contributed by atoms with Gasteiger partial charge in [-0.2, -0.15) is 0 Å². The van der Waals surface area contributed by atoms with Gasteiger partial charge in [0.2, 0.25) is 5.91 Å². The number of ether oxygens (including phenoxy) is 2. The van der Waals surface area contributed by atoms with Crippen molar-refractivity contribution in [3.8, 4) is 11.5 Å². The fourth-order valence-corrected chi connectivity index (χ4v) is 3.52. The van der Waals surface area contributed by atoms with Crippen molar-refractivity contribution in [1.29, 1.82) is 0 Å². The number of hydrogen-bond donors (Lipinski definition) is 1. The molecule has 1 heterocycles. The molecule has 1 unspecified atom stereocenters. The molecule has 0 spiro atoms. The number of amides is 2. The molecule has 0 aromatic heterocycles. The average molecular weight is 450 g/mol. The molecule has 0 aliphatic carbocycles. The first kappa shape index (κ1) is 23.4. The summed E-state index contributed by atoms with van der Waals surface area (Å²) in [4.78, 5) is 26.6. The van der Waals surface area contributed by atoms with Crippen molar-refractivity contribution in [2.75, 3.05) is 19.7 Å². The largest absolute Gasteiger partial charge is 0.573 e. The van der Waals surface area contributed by atoms with Crippen molar-refractivity contribution < 1.29 is 32.2 Å². The SMILES string of the molecule is CC(NC(=O)C1CCN(C(=O)COc2ccccc2)CC1)c1ccc(OC(F)(F)F)cc1. The summed E-state index contributed by atoms with van der Waals surface area (Å²) in [5.41, 5.74) is 0.665. The first-order valence-electron chi connectivity index (χ1n) is 10.3. The molecule has 1 fully saturated rings. The Morgan fingerprint density at radius 1 is 1.03 bits per heavy atom. The first-order valence-corrected chi connectivity index (χ1v) is 10.3. The topological polar surface area (TPSA) is 67.9 Å². The summed E-state index contributed by atoms with van der Waals surface area (Å²) in [6.07, 6.45) is -3.67. The Kier molecular flexibility index (Phi) is 7.61. The smallest absolute Gasteiger partial charge is 0.484 e. The van der Waals surface area contributed by atoms with E-state index in [-0.39, 0.29) is 36.1 Å². The lowest BCUT2D eigenvalue weighted by atomic mass is 9.95. The Labute approximate surface area is 184 Å². The van der Waals surface area contributed by atoms with Gasteiger partial charge in [-0.1, -0.05) is 30.3 Å². The zero-order valence-electron chi connectivity index (χ0n) is 17.6. The Morgan fingerprint density at radius 3 is 2.25 bits per heavy atom. The highest BCUT2D eigenvalue weighted by atomic mass is 19.4. The highest BCUT2D eigenvalue weighted by Crippen LogP contribution is 2.25. The molecule has 2 amide bonds. The molecule has 6 nitrogen and oxygen atoms in total. The quantitative estimate of drug-likeness (QED) is 0.690. The van der Waals surface area contributed by atoms with Crippen molar-refractivity contribution in [1.82, 2.24) is 10.2 Å². The zero-order chi connectivity index (χ0) is 23.1. The minimum Gasteiger partial charge on any atom is -0.484 e. The number of likely N-dealkylation sites (tertiary alicyclic amines) is 1. The third-order valence-electron chi connectivity index (χ3n) is 5.30. The third kappa shape index (κ3) is 6.90. The molecular weight excluding hydrogens is 425 g/mol. The fourth-order valence-electron chi connectivity index (χ4n) is 3.52.